The van der Waals surface area contributed by atoms with Crippen molar-refractivity contribution in [2.45, 2.75) is 97.3 Å². The van der Waals surface area contributed by atoms with Gasteiger partial charge >= 0.3 is 12.2 Å². The summed E-state index contributed by atoms with van der Waals surface area (Å²) < 4.78 is 10.5. The lowest BCUT2D eigenvalue weighted by molar-refractivity contribution is -0.121. The van der Waals surface area contributed by atoms with Crippen molar-refractivity contribution in [1.82, 2.24) is 25.8 Å². The van der Waals surface area contributed by atoms with Crippen LogP contribution in [0.25, 0.3) is 0 Å². The predicted octanol–water partition coefficient (Wildman–Crippen LogP) is 2.33. The summed E-state index contributed by atoms with van der Waals surface area (Å²) >= 11 is 1.56. The summed E-state index contributed by atoms with van der Waals surface area (Å²) in [4.78, 5) is 90.4. The third-order valence-corrected chi connectivity index (χ3v) is 9.47. The Morgan fingerprint density at radius 3 is 1.32 bits per heavy atom. The Morgan fingerprint density at radius 1 is 0.559 bits per heavy atom. The molecule has 0 fully saturated rings. The van der Waals surface area contributed by atoms with Gasteiger partial charge in [-0.1, -0.05) is 0 Å². The standard InChI is InChI=1S/C40H69N9O9S/c1-39(2,3)57-37(55)45-20-13-24-48(7)22-11-18-42-29-28(32(50)33(29)51)41-16-10-17-44-36(54)27(15-26-59-9)47-31-30(34(52)35(31)53)43-19-12-23-49(8)25-14-21-46-38(56)58-40(4,5)6/h27,41-43,47H,10-26H2,1-9H3,(H,44,54)(H,45,55)(H,46,56). The van der Waals surface area contributed by atoms with Crippen LogP contribution < -0.4 is 58.9 Å². The number of ether oxygens (including phenoxy) is 2. The Balaban J connectivity index is 1.71. The second-order valence-corrected chi connectivity index (χ2v) is 17.6. The second kappa shape index (κ2) is 25.3. The maximum atomic E-state index is 13.2. The van der Waals surface area contributed by atoms with Crippen LogP contribution in [0.2, 0.25) is 0 Å². The monoisotopic (exact) mass is 851 g/mol. The molecule has 0 bridgehead atoms. The van der Waals surface area contributed by atoms with Crippen molar-refractivity contribution < 1.29 is 23.9 Å². The van der Waals surface area contributed by atoms with Gasteiger partial charge in [-0.25, -0.2) is 9.59 Å². The maximum absolute atomic E-state index is 13.2. The number of nitrogens with zero attached hydrogens (tertiary/aromatic N) is 2. The van der Waals surface area contributed by atoms with E-state index in [1.807, 2.05) is 61.9 Å². The molecule has 0 radical (unpaired) electrons. The Bertz CT molecular complexity index is 1760. The van der Waals surface area contributed by atoms with Crippen molar-refractivity contribution in [3.8, 4) is 0 Å². The first-order valence-corrected chi connectivity index (χ1v) is 21.9. The number of anilines is 4. The second-order valence-electron chi connectivity index (χ2n) is 16.6. The highest BCUT2D eigenvalue weighted by atomic mass is 32.2. The summed E-state index contributed by atoms with van der Waals surface area (Å²) in [6.07, 6.45) is 4.85. The van der Waals surface area contributed by atoms with Gasteiger partial charge < -0.3 is 56.5 Å². The highest BCUT2D eigenvalue weighted by Crippen LogP contribution is 2.18. The van der Waals surface area contributed by atoms with Gasteiger partial charge in [-0.15, -0.1) is 0 Å². The van der Waals surface area contributed by atoms with Gasteiger partial charge in [0.2, 0.25) is 5.91 Å². The van der Waals surface area contributed by atoms with E-state index in [4.69, 9.17) is 9.47 Å². The van der Waals surface area contributed by atoms with Crippen LogP contribution in [-0.4, -0.2) is 137 Å². The molecule has 3 amide bonds. The third-order valence-electron chi connectivity index (χ3n) is 8.83. The van der Waals surface area contributed by atoms with Crippen LogP contribution in [0.1, 0.15) is 80.1 Å². The number of hydrogen-bond acceptors (Lipinski definition) is 16. The summed E-state index contributed by atoms with van der Waals surface area (Å²) in [5, 5.41) is 20.5. The largest absolute Gasteiger partial charge is 0.444 e. The zero-order valence-electron chi connectivity index (χ0n) is 36.6. The molecule has 18 nitrogen and oxygen atoms in total. The van der Waals surface area contributed by atoms with Crippen molar-refractivity contribution in [3.63, 3.8) is 0 Å². The molecule has 0 heterocycles. The van der Waals surface area contributed by atoms with Gasteiger partial charge in [0.1, 0.15) is 40.0 Å². The zero-order valence-corrected chi connectivity index (χ0v) is 37.4. The molecule has 2 aromatic rings. The van der Waals surface area contributed by atoms with E-state index in [1.54, 1.807) is 11.8 Å². The van der Waals surface area contributed by atoms with Crippen molar-refractivity contribution in [3.05, 3.63) is 40.9 Å². The van der Waals surface area contributed by atoms with Crippen LogP contribution >= 0.6 is 11.8 Å². The summed E-state index contributed by atoms with van der Waals surface area (Å²) in [5.41, 5.74) is -2.73. The number of alkyl carbamates (subject to hydrolysis) is 2. The van der Waals surface area contributed by atoms with E-state index in [0.29, 0.717) is 57.7 Å². The third kappa shape index (κ3) is 19.5. The first-order chi connectivity index (χ1) is 27.7. The van der Waals surface area contributed by atoms with Gasteiger partial charge in [-0.2, -0.15) is 11.8 Å². The van der Waals surface area contributed by atoms with E-state index < -0.39 is 51.1 Å². The Hall–Kier alpha value is -4.36. The van der Waals surface area contributed by atoms with Crippen molar-refractivity contribution in [2.75, 3.05) is 113 Å². The topological polar surface area (TPSA) is 229 Å². The van der Waals surface area contributed by atoms with Gasteiger partial charge in [-0.3, -0.25) is 24.0 Å². The van der Waals surface area contributed by atoms with Gasteiger partial charge in [-0.05, 0) is 132 Å². The van der Waals surface area contributed by atoms with Crippen molar-refractivity contribution >= 4 is 52.6 Å². The predicted molar refractivity (Wildman–Crippen MR) is 238 cm³/mol. The molecule has 1 unspecified atom stereocenters. The molecule has 2 aromatic carbocycles. The number of hydrogen-bond donors (Lipinski definition) is 7. The summed E-state index contributed by atoms with van der Waals surface area (Å²) in [6, 6.07) is -0.739. The molecule has 0 saturated heterocycles. The highest BCUT2D eigenvalue weighted by Gasteiger charge is 2.27. The molecule has 7 N–H and O–H groups in total. The van der Waals surface area contributed by atoms with Gasteiger partial charge in [0.25, 0.3) is 21.7 Å². The lowest BCUT2D eigenvalue weighted by Crippen LogP contribution is -2.45. The Morgan fingerprint density at radius 2 is 0.915 bits per heavy atom. The average Bonchev–Trinajstić information content (AvgIpc) is 3.15. The smallest absolute Gasteiger partial charge is 0.407 e. The van der Waals surface area contributed by atoms with Crippen LogP contribution in [0.5, 0.6) is 0 Å². The molecule has 2 rings (SSSR count). The molecule has 0 aliphatic carbocycles. The van der Waals surface area contributed by atoms with Crippen LogP contribution in [0.3, 0.4) is 0 Å². The van der Waals surface area contributed by atoms with E-state index in [0.717, 1.165) is 45.4 Å². The summed E-state index contributed by atoms with van der Waals surface area (Å²) in [5.74, 6) is 0.329. The molecule has 334 valence electrons. The molecular weight excluding hydrogens is 783 g/mol. The normalized spacial score (nSPS) is 12.4. The zero-order chi connectivity index (χ0) is 44.2. The van der Waals surface area contributed by atoms with Gasteiger partial charge in [0.05, 0.1) is 0 Å². The number of thioether (sulfide) groups is 1. The first kappa shape index (κ1) is 50.8. The molecule has 0 aliphatic heterocycles. The average molecular weight is 852 g/mol. The fourth-order valence-corrected chi connectivity index (χ4v) is 6.27. The summed E-state index contributed by atoms with van der Waals surface area (Å²) in [7, 11) is 3.94. The van der Waals surface area contributed by atoms with E-state index in [9.17, 15) is 33.6 Å². The molecular formula is C40H69N9O9S. The van der Waals surface area contributed by atoms with Crippen molar-refractivity contribution in [1.29, 1.82) is 0 Å². The van der Waals surface area contributed by atoms with Crippen LogP contribution in [-0.2, 0) is 14.3 Å². The maximum Gasteiger partial charge on any atom is 0.407 e. The molecule has 0 saturated carbocycles. The first-order valence-electron chi connectivity index (χ1n) is 20.5. The summed E-state index contributed by atoms with van der Waals surface area (Å²) in [6.45, 7) is 16.4. The van der Waals surface area contributed by atoms with E-state index in [-0.39, 0.29) is 35.2 Å². The fourth-order valence-electron chi connectivity index (χ4n) is 5.80. The quantitative estimate of drug-likeness (QED) is 0.0460. The molecule has 0 aliphatic rings. The number of rotatable bonds is 29. The van der Waals surface area contributed by atoms with Crippen LogP contribution in [0, 0.1) is 0 Å². The van der Waals surface area contributed by atoms with Gasteiger partial charge in [0.15, 0.2) is 0 Å². The molecule has 59 heavy (non-hydrogen) atoms. The molecule has 1 atom stereocenters. The minimum atomic E-state index is -0.739. The SMILES string of the molecule is CSCCC(Nc1c(NCCCN(C)CCCNC(=O)OC(C)(C)C)c(=O)c1=O)C(=O)NCCCNc1c(NCCCN(C)CCCNC(=O)OC(C)(C)C)c(=O)c1=O. The van der Waals surface area contributed by atoms with E-state index in [2.05, 4.69) is 47.0 Å². The highest BCUT2D eigenvalue weighted by molar-refractivity contribution is 7.98. The van der Waals surface area contributed by atoms with Gasteiger partial charge in [0, 0.05) is 39.3 Å². The Labute approximate surface area is 352 Å². The van der Waals surface area contributed by atoms with Crippen LogP contribution in [0.15, 0.2) is 19.2 Å². The number of carbonyl (C=O) groups excluding carboxylic acids is 3. The lowest BCUT2D eigenvalue weighted by atomic mass is 10.1. The number of nitrogens with one attached hydrogen (secondary N) is 7. The molecule has 0 spiro atoms. The minimum Gasteiger partial charge on any atom is -0.444 e. The lowest BCUT2D eigenvalue weighted by Gasteiger charge is -2.22. The van der Waals surface area contributed by atoms with Crippen LogP contribution in [0.4, 0.5) is 32.3 Å². The Kier molecular flexibility index (Phi) is 21.8. The number of carbonyl (C=O) groups is 3. The molecule has 0 aromatic heterocycles. The fraction of sp³-hybridized carbons (Fsp3) is 0.725. The molecule has 19 heteroatoms. The van der Waals surface area contributed by atoms with E-state index in [1.165, 1.54) is 0 Å². The minimum absolute atomic E-state index is 0.110. The van der Waals surface area contributed by atoms with E-state index >= 15 is 0 Å². The van der Waals surface area contributed by atoms with Crippen molar-refractivity contribution in [2.24, 2.45) is 0 Å². The number of amides is 3.